The van der Waals surface area contributed by atoms with Gasteiger partial charge in [0.1, 0.15) is 5.82 Å². The predicted octanol–water partition coefficient (Wildman–Crippen LogP) is 4.14. The summed E-state index contributed by atoms with van der Waals surface area (Å²) in [7, 11) is 0. The van der Waals surface area contributed by atoms with Crippen LogP contribution in [0.25, 0.3) is 0 Å². The van der Waals surface area contributed by atoms with E-state index >= 15 is 0 Å². The van der Waals surface area contributed by atoms with Gasteiger partial charge in [0.2, 0.25) is 0 Å². The van der Waals surface area contributed by atoms with Crippen molar-refractivity contribution in [2.75, 3.05) is 17.2 Å². The van der Waals surface area contributed by atoms with E-state index in [9.17, 15) is 0 Å². The maximum Gasteiger partial charge on any atom is 0.127 e. The molecule has 19 heavy (non-hydrogen) atoms. The SMILES string of the molecule is CCCNc1cc(NC2CCC(C)C(C)C2)ccn1. The average molecular weight is 261 g/mol. The van der Waals surface area contributed by atoms with Gasteiger partial charge in [0, 0.05) is 30.5 Å². The van der Waals surface area contributed by atoms with Gasteiger partial charge < -0.3 is 10.6 Å². The molecule has 0 bridgehead atoms. The van der Waals surface area contributed by atoms with E-state index in [1.807, 2.05) is 6.20 Å². The minimum atomic E-state index is 0.618. The van der Waals surface area contributed by atoms with Crippen LogP contribution < -0.4 is 10.6 Å². The molecule has 3 heteroatoms. The van der Waals surface area contributed by atoms with E-state index in [4.69, 9.17) is 0 Å². The lowest BCUT2D eigenvalue weighted by atomic mass is 9.79. The summed E-state index contributed by atoms with van der Waals surface area (Å²) in [4.78, 5) is 4.35. The number of nitrogens with one attached hydrogen (secondary N) is 2. The summed E-state index contributed by atoms with van der Waals surface area (Å²) >= 11 is 0. The number of anilines is 2. The minimum Gasteiger partial charge on any atom is -0.382 e. The third kappa shape index (κ3) is 4.12. The van der Waals surface area contributed by atoms with Crippen molar-refractivity contribution in [3.63, 3.8) is 0 Å². The van der Waals surface area contributed by atoms with Crippen LogP contribution in [0.2, 0.25) is 0 Å². The minimum absolute atomic E-state index is 0.618. The summed E-state index contributed by atoms with van der Waals surface area (Å²) in [5.74, 6) is 2.67. The van der Waals surface area contributed by atoms with Crippen molar-refractivity contribution in [3.8, 4) is 0 Å². The monoisotopic (exact) mass is 261 g/mol. The molecule has 1 heterocycles. The highest BCUT2D eigenvalue weighted by atomic mass is 15.0. The summed E-state index contributed by atoms with van der Waals surface area (Å²) in [6.45, 7) is 7.90. The fourth-order valence-corrected chi connectivity index (χ4v) is 2.78. The summed E-state index contributed by atoms with van der Waals surface area (Å²) < 4.78 is 0. The molecule has 0 spiro atoms. The van der Waals surface area contributed by atoms with Crippen LogP contribution in [-0.4, -0.2) is 17.6 Å². The molecule has 3 unspecified atom stereocenters. The van der Waals surface area contributed by atoms with E-state index in [2.05, 4.69) is 48.5 Å². The van der Waals surface area contributed by atoms with Crippen molar-refractivity contribution in [2.45, 2.75) is 52.5 Å². The molecule has 2 rings (SSSR count). The lowest BCUT2D eigenvalue weighted by Crippen LogP contribution is -2.30. The molecule has 1 aromatic rings. The lowest BCUT2D eigenvalue weighted by molar-refractivity contribution is 0.261. The first-order chi connectivity index (χ1) is 9.19. The average Bonchev–Trinajstić information content (AvgIpc) is 2.41. The van der Waals surface area contributed by atoms with Gasteiger partial charge in [-0.05, 0) is 43.6 Å². The number of aromatic nitrogens is 1. The first-order valence-corrected chi connectivity index (χ1v) is 7.65. The van der Waals surface area contributed by atoms with Gasteiger partial charge in [-0.15, -0.1) is 0 Å². The normalized spacial score (nSPS) is 27.0. The Kier molecular flexibility index (Phi) is 5.06. The van der Waals surface area contributed by atoms with Crippen molar-refractivity contribution in [3.05, 3.63) is 18.3 Å². The van der Waals surface area contributed by atoms with Gasteiger partial charge in [-0.1, -0.05) is 20.8 Å². The molecule has 0 radical (unpaired) electrons. The van der Waals surface area contributed by atoms with Crippen LogP contribution in [0.1, 0.15) is 46.5 Å². The molecule has 3 nitrogen and oxygen atoms in total. The first-order valence-electron chi connectivity index (χ1n) is 7.65. The lowest BCUT2D eigenvalue weighted by Gasteiger charge is -2.33. The zero-order valence-electron chi connectivity index (χ0n) is 12.4. The molecule has 1 aliphatic rings. The van der Waals surface area contributed by atoms with Crippen LogP contribution in [0.15, 0.2) is 18.3 Å². The van der Waals surface area contributed by atoms with Crippen molar-refractivity contribution >= 4 is 11.5 Å². The first kappa shape index (κ1) is 14.2. The van der Waals surface area contributed by atoms with E-state index in [0.29, 0.717) is 6.04 Å². The Bertz CT molecular complexity index is 391. The number of hydrogen-bond acceptors (Lipinski definition) is 3. The van der Waals surface area contributed by atoms with Gasteiger partial charge in [-0.3, -0.25) is 0 Å². The topological polar surface area (TPSA) is 37.0 Å². The molecular formula is C16H27N3. The van der Waals surface area contributed by atoms with Crippen molar-refractivity contribution < 1.29 is 0 Å². The second-order valence-corrected chi connectivity index (χ2v) is 5.97. The summed E-state index contributed by atoms with van der Waals surface area (Å²) in [6.07, 6.45) is 6.91. The summed E-state index contributed by atoms with van der Waals surface area (Å²) in [5, 5.41) is 7.01. The largest absolute Gasteiger partial charge is 0.382 e. The third-order valence-electron chi connectivity index (χ3n) is 4.29. The molecule has 0 aromatic carbocycles. The van der Waals surface area contributed by atoms with Crippen molar-refractivity contribution in [1.82, 2.24) is 4.98 Å². The molecule has 1 aromatic heterocycles. The Balaban J connectivity index is 1.91. The Labute approximate surface area is 117 Å². The van der Waals surface area contributed by atoms with Crippen LogP contribution in [0.4, 0.5) is 11.5 Å². The fraction of sp³-hybridized carbons (Fsp3) is 0.688. The molecule has 0 saturated heterocycles. The highest BCUT2D eigenvalue weighted by Crippen LogP contribution is 2.31. The molecule has 0 amide bonds. The Morgan fingerprint density at radius 1 is 1.26 bits per heavy atom. The molecular weight excluding hydrogens is 234 g/mol. The van der Waals surface area contributed by atoms with Crippen LogP contribution in [-0.2, 0) is 0 Å². The van der Waals surface area contributed by atoms with Crippen molar-refractivity contribution in [1.29, 1.82) is 0 Å². The molecule has 1 aliphatic carbocycles. The van der Waals surface area contributed by atoms with E-state index in [1.165, 1.54) is 24.9 Å². The molecule has 106 valence electrons. The quantitative estimate of drug-likeness (QED) is 0.836. The molecule has 1 saturated carbocycles. The maximum absolute atomic E-state index is 4.35. The number of pyridine rings is 1. The maximum atomic E-state index is 4.35. The summed E-state index contributed by atoms with van der Waals surface area (Å²) in [6, 6.07) is 4.81. The zero-order chi connectivity index (χ0) is 13.7. The number of hydrogen-bond donors (Lipinski definition) is 2. The molecule has 2 N–H and O–H groups in total. The number of nitrogens with zero attached hydrogens (tertiary/aromatic N) is 1. The Morgan fingerprint density at radius 3 is 2.84 bits per heavy atom. The molecule has 1 fully saturated rings. The van der Waals surface area contributed by atoms with Gasteiger partial charge in [-0.25, -0.2) is 4.98 Å². The van der Waals surface area contributed by atoms with Gasteiger partial charge in [0.25, 0.3) is 0 Å². The number of rotatable bonds is 5. The van der Waals surface area contributed by atoms with Crippen LogP contribution in [0.3, 0.4) is 0 Å². The Morgan fingerprint density at radius 2 is 2.11 bits per heavy atom. The zero-order valence-corrected chi connectivity index (χ0v) is 12.4. The van der Waals surface area contributed by atoms with Crippen LogP contribution >= 0.6 is 0 Å². The second-order valence-electron chi connectivity index (χ2n) is 5.97. The van der Waals surface area contributed by atoms with Gasteiger partial charge in [0.05, 0.1) is 0 Å². The van der Waals surface area contributed by atoms with Crippen LogP contribution in [0, 0.1) is 11.8 Å². The van der Waals surface area contributed by atoms with Crippen LogP contribution in [0.5, 0.6) is 0 Å². The predicted molar refractivity (Wildman–Crippen MR) is 82.6 cm³/mol. The molecule has 3 atom stereocenters. The third-order valence-corrected chi connectivity index (χ3v) is 4.29. The van der Waals surface area contributed by atoms with Gasteiger partial charge in [-0.2, -0.15) is 0 Å². The van der Waals surface area contributed by atoms with E-state index in [1.54, 1.807) is 0 Å². The highest BCUT2D eigenvalue weighted by Gasteiger charge is 2.24. The summed E-state index contributed by atoms with van der Waals surface area (Å²) in [5.41, 5.74) is 1.19. The van der Waals surface area contributed by atoms with E-state index < -0.39 is 0 Å². The smallest absolute Gasteiger partial charge is 0.127 e. The standard InChI is InChI=1S/C16H27N3/c1-4-8-17-16-11-15(7-9-18-16)19-14-6-5-12(2)13(3)10-14/h7,9,11-14H,4-6,8,10H2,1-3H3,(H2,17,18,19). The van der Waals surface area contributed by atoms with Gasteiger partial charge in [0.15, 0.2) is 0 Å². The van der Waals surface area contributed by atoms with Crippen molar-refractivity contribution in [2.24, 2.45) is 11.8 Å². The second kappa shape index (κ2) is 6.78. The van der Waals surface area contributed by atoms with E-state index in [0.717, 1.165) is 30.6 Å². The fourth-order valence-electron chi connectivity index (χ4n) is 2.78. The Hall–Kier alpha value is -1.25. The highest BCUT2D eigenvalue weighted by molar-refractivity contribution is 5.52. The molecule has 0 aliphatic heterocycles. The van der Waals surface area contributed by atoms with Gasteiger partial charge >= 0.3 is 0 Å². The van der Waals surface area contributed by atoms with E-state index in [-0.39, 0.29) is 0 Å².